The number of nitrogens with one attached hydrogen (secondary N) is 2. The molecule has 4 rings (SSSR count). The molecule has 9 heteroatoms. The summed E-state index contributed by atoms with van der Waals surface area (Å²) >= 11 is 0. The Hall–Kier alpha value is -2.91. The zero-order chi connectivity index (χ0) is 23.9. The first-order valence-corrected chi connectivity index (χ1v) is 12.6. The zero-order valence-electron chi connectivity index (χ0n) is 19.7. The Morgan fingerprint density at radius 1 is 1.24 bits per heavy atom. The summed E-state index contributed by atoms with van der Waals surface area (Å²) in [6.07, 6.45) is 2.51. The molecule has 1 unspecified atom stereocenters. The number of aryl methyl sites for hydroxylation is 2. The monoisotopic (exact) mass is 469 g/mol. The van der Waals surface area contributed by atoms with Crippen LogP contribution in [0.25, 0.3) is 11.0 Å². The molecule has 8 nitrogen and oxygen atoms in total. The van der Waals surface area contributed by atoms with Crippen LogP contribution in [-0.4, -0.2) is 42.3 Å². The van der Waals surface area contributed by atoms with Crippen LogP contribution in [0.15, 0.2) is 36.4 Å². The molecule has 0 saturated heterocycles. The van der Waals surface area contributed by atoms with Crippen LogP contribution in [0.5, 0.6) is 0 Å². The van der Waals surface area contributed by atoms with Crippen LogP contribution in [0.3, 0.4) is 0 Å². The van der Waals surface area contributed by atoms with Gasteiger partial charge in [-0.05, 0) is 42.0 Å². The second-order valence-corrected chi connectivity index (χ2v) is 11.1. The van der Waals surface area contributed by atoms with Crippen molar-refractivity contribution >= 4 is 32.8 Å². The highest BCUT2D eigenvalue weighted by molar-refractivity contribution is 7.90. The lowest BCUT2D eigenvalue weighted by Gasteiger charge is -2.17. The quantitative estimate of drug-likeness (QED) is 0.554. The summed E-state index contributed by atoms with van der Waals surface area (Å²) in [5.74, 6) is 0.999. The van der Waals surface area contributed by atoms with Crippen molar-refractivity contribution in [2.45, 2.75) is 39.2 Å². The Labute approximate surface area is 195 Å². The molecule has 0 aliphatic heterocycles. The van der Waals surface area contributed by atoms with Gasteiger partial charge in [-0.2, -0.15) is 12.7 Å². The van der Waals surface area contributed by atoms with Gasteiger partial charge < -0.3 is 9.88 Å². The topological polar surface area (TPSA) is 96.3 Å². The van der Waals surface area contributed by atoms with Crippen molar-refractivity contribution in [3.05, 3.63) is 58.9 Å². The first-order chi connectivity index (χ1) is 15.6. The SMILES string of the molecule is CC(C)Cc1nc2cc(NS(=O)(=O)N(C)C)cc(C(=O)NC3CCc4ccccc43)c2n1C. The van der Waals surface area contributed by atoms with Crippen LogP contribution in [0, 0.1) is 5.92 Å². The van der Waals surface area contributed by atoms with E-state index in [1.165, 1.54) is 19.7 Å². The third-order valence-corrected chi connectivity index (χ3v) is 7.52. The van der Waals surface area contributed by atoms with Crippen molar-refractivity contribution in [1.29, 1.82) is 0 Å². The first kappa shape index (κ1) is 23.3. The number of hydrogen-bond donors (Lipinski definition) is 2. The lowest BCUT2D eigenvalue weighted by atomic mass is 10.1. The lowest BCUT2D eigenvalue weighted by molar-refractivity contribution is 0.0938. The minimum absolute atomic E-state index is 0.0748. The first-order valence-electron chi connectivity index (χ1n) is 11.1. The Kier molecular flexibility index (Phi) is 6.20. The van der Waals surface area contributed by atoms with Crippen LogP contribution in [-0.2, 0) is 30.1 Å². The predicted molar refractivity (Wildman–Crippen MR) is 130 cm³/mol. The molecule has 1 aliphatic rings. The molecule has 0 bridgehead atoms. The third-order valence-electron chi connectivity index (χ3n) is 6.06. The number of imidazole rings is 1. The van der Waals surface area contributed by atoms with Gasteiger partial charge in [-0.1, -0.05) is 38.1 Å². The normalized spacial score (nSPS) is 15.9. The van der Waals surface area contributed by atoms with Gasteiger partial charge in [0.15, 0.2) is 0 Å². The number of rotatable bonds is 7. The van der Waals surface area contributed by atoms with Crippen LogP contribution in [0.1, 0.15) is 53.6 Å². The van der Waals surface area contributed by atoms with Gasteiger partial charge in [0, 0.05) is 27.6 Å². The molecule has 2 N–H and O–H groups in total. The fraction of sp³-hybridized carbons (Fsp3) is 0.417. The summed E-state index contributed by atoms with van der Waals surface area (Å²) in [4.78, 5) is 18.3. The fourth-order valence-corrected chi connectivity index (χ4v) is 4.96. The number of fused-ring (bicyclic) bond motifs is 2. The van der Waals surface area contributed by atoms with E-state index >= 15 is 0 Å². The Bertz CT molecular complexity index is 1310. The van der Waals surface area contributed by atoms with E-state index in [2.05, 4.69) is 36.0 Å². The Balaban J connectivity index is 1.77. The predicted octanol–water partition coefficient (Wildman–Crippen LogP) is 3.41. The van der Waals surface area contributed by atoms with Gasteiger partial charge >= 0.3 is 10.2 Å². The van der Waals surface area contributed by atoms with Crippen molar-refractivity contribution in [2.24, 2.45) is 13.0 Å². The number of anilines is 1. The number of hydrogen-bond acceptors (Lipinski definition) is 4. The molecule has 0 spiro atoms. The molecular formula is C24H31N5O3S. The van der Waals surface area contributed by atoms with Crippen LogP contribution in [0.4, 0.5) is 5.69 Å². The highest BCUT2D eigenvalue weighted by atomic mass is 32.2. The van der Waals surface area contributed by atoms with Crippen molar-refractivity contribution in [2.75, 3.05) is 18.8 Å². The highest BCUT2D eigenvalue weighted by Crippen LogP contribution is 2.32. The molecule has 0 saturated carbocycles. The minimum atomic E-state index is -3.73. The number of benzene rings is 2. The van der Waals surface area contributed by atoms with Gasteiger partial charge in [0.1, 0.15) is 5.82 Å². The molecule has 0 radical (unpaired) electrons. The van der Waals surface area contributed by atoms with Gasteiger partial charge in [-0.15, -0.1) is 0 Å². The number of aromatic nitrogens is 2. The van der Waals surface area contributed by atoms with E-state index in [4.69, 9.17) is 4.98 Å². The van der Waals surface area contributed by atoms with Crippen molar-refractivity contribution in [1.82, 2.24) is 19.2 Å². The standard InChI is InChI=1S/C24H31N5O3S/c1-15(2)12-22-25-21-14-17(27-33(31,32)28(3)4)13-19(23(21)29(22)5)24(30)26-20-11-10-16-8-6-7-9-18(16)20/h6-9,13-15,20,27H,10-12H2,1-5H3,(H,26,30). The van der Waals surface area contributed by atoms with Gasteiger partial charge in [0.05, 0.1) is 28.3 Å². The van der Waals surface area contributed by atoms with Crippen LogP contribution >= 0.6 is 0 Å². The second-order valence-electron chi connectivity index (χ2n) is 9.23. The van der Waals surface area contributed by atoms with Gasteiger partial charge in [0.25, 0.3) is 5.91 Å². The molecule has 1 aromatic heterocycles. The Morgan fingerprint density at radius 3 is 2.67 bits per heavy atom. The second kappa shape index (κ2) is 8.79. The molecule has 1 aliphatic carbocycles. The molecule has 176 valence electrons. The molecule has 1 heterocycles. The van der Waals surface area contributed by atoms with Crippen LogP contribution < -0.4 is 10.0 Å². The maximum Gasteiger partial charge on any atom is 0.301 e. The van der Waals surface area contributed by atoms with Crippen molar-refractivity contribution < 1.29 is 13.2 Å². The van der Waals surface area contributed by atoms with Crippen molar-refractivity contribution in [3.63, 3.8) is 0 Å². The Morgan fingerprint density at radius 2 is 1.97 bits per heavy atom. The molecular weight excluding hydrogens is 438 g/mol. The van der Waals surface area contributed by atoms with E-state index < -0.39 is 10.2 Å². The molecule has 3 aromatic rings. The van der Waals surface area contributed by atoms with Crippen LogP contribution in [0.2, 0.25) is 0 Å². The summed E-state index contributed by atoms with van der Waals surface area (Å²) in [7, 11) is 1.07. The summed E-state index contributed by atoms with van der Waals surface area (Å²) in [5, 5.41) is 3.17. The largest absolute Gasteiger partial charge is 0.345 e. The number of carbonyl (C=O) groups is 1. The maximum absolute atomic E-state index is 13.5. The van der Waals surface area contributed by atoms with E-state index in [0.717, 1.165) is 35.0 Å². The molecule has 0 fully saturated rings. The smallest absolute Gasteiger partial charge is 0.301 e. The fourth-order valence-electron chi connectivity index (χ4n) is 4.36. The zero-order valence-corrected chi connectivity index (χ0v) is 20.5. The average Bonchev–Trinajstić information content (AvgIpc) is 3.28. The third kappa shape index (κ3) is 4.60. The van der Waals surface area contributed by atoms with E-state index in [-0.39, 0.29) is 11.9 Å². The summed E-state index contributed by atoms with van der Waals surface area (Å²) in [6.45, 7) is 4.22. The van der Waals surface area contributed by atoms with Gasteiger partial charge in [-0.3, -0.25) is 9.52 Å². The minimum Gasteiger partial charge on any atom is -0.345 e. The van der Waals surface area contributed by atoms with Gasteiger partial charge in [0.2, 0.25) is 0 Å². The van der Waals surface area contributed by atoms with Crippen molar-refractivity contribution in [3.8, 4) is 0 Å². The molecule has 1 amide bonds. The highest BCUT2D eigenvalue weighted by Gasteiger charge is 2.26. The summed E-state index contributed by atoms with van der Waals surface area (Å²) < 4.78 is 30.5. The molecule has 33 heavy (non-hydrogen) atoms. The number of carbonyl (C=O) groups excluding carboxylic acids is 1. The lowest BCUT2D eigenvalue weighted by Crippen LogP contribution is -2.30. The average molecular weight is 470 g/mol. The summed E-state index contributed by atoms with van der Waals surface area (Å²) in [6, 6.07) is 11.3. The molecule has 2 aromatic carbocycles. The van der Waals surface area contributed by atoms with E-state index in [1.54, 1.807) is 12.1 Å². The molecule has 1 atom stereocenters. The van der Waals surface area contributed by atoms with E-state index in [9.17, 15) is 13.2 Å². The summed E-state index contributed by atoms with van der Waals surface area (Å²) in [5.41, 5.74) is 4.38. The van der Waals surface area contributed by atoms with E-state index in [1.807, 2.05) is 23.7 Å². The number of amides is 1. The number of nitrogens with zero attached hydrogens (tertiary/aromatic N) is 3. The van der Waals surface area contributed by atoms with Gasteiger partial charge in [-0.25, -0.2) is 4.98 Å². The maximum atomic E-state index is 13.5. The van der Waals surface area contributed by atoms with E-state index in [0.29, 0.717) is 28.2 Å².